The molecule has 37 heavy (non-hydrogen) atoms. The Hall–Kier alpha value is -3.91. The van der Waals surface area contributed by atoms with Crippen LogP contribution in [0.2, 0.25) is 0 Å². The molecule has 1 aromatic heterocycles. The molecule has 0 radical (unpaired) electrons. The first-order chi connectivity index (χ1) is 17.9. The molecule has 3 aromatic carbocycles. The first-order valence-corrected chi connectivity index (χ1v) is 13.3. The quantitative estimate of drug-likeness (QED) is 0.361. The Balaban J connectivity index is 1.38. The number of thioether (sulfide) groups is 1. The van der Waals surface area contributed by atoms with E-state index in [-0.39, 0.29) is 24.1 Å². The van der Waals surface area contributed by atoms with Gasteiger partial charge in [-0.25, -0.2) is 0 Å². The third kappa shape index (κ3) is 5.29. The van der Waals surface area contributed by atoms with Gasteiger partial charge in [0.05, 0.1) is 18.0 Å². The van der Waals surface area contributed by atoms with E-state index in [4.69, 9.17) is 0 Å². The largest absolute Gasteiger partial charge is 0.345 e. The lowest BCUT2D eigenvalue weighted by molar-refractivity contribution is -0.116. The predicted octanol–water partition coefficient (Wildman–Crippen LogP) is 4.80. The highest BCUT2D eigenvalue weighted by Crippen LogP contribution is 2.30. The van der Waals surface area contributed by atoms with Gasteiger partial charge >= 0.3 is 0 Å². The zero-order chi connectivity index (χ0) is 25.9. The predicted molar refractivity (Wildman–Crippen MR) is 146 cm³/mol. The number of aromatic nitrogens is 3. The summed E-state index contributed by atoms with van der Waals surface area (Å²) in [5.74, 6) is 0.722. The summed E-state index contributed by atoms with van der Waals surface area (Å²) >= 11 is 1.36. The molecule has 0 aliphatic carbocycles. The molecule has 0 unspecified atom stereocenters. The molecule has 0 fully saturated rings. The van der Waals surface area contributed by atoms with Crippen molar-refractivity contribution in [3.8, 4) is 5.69 Å². The molecular formula is C29H29N5O2S. The van der Waals surface area contributed by atoms with Gasteiger partial charge in [0.2, 0.25) is 5.91 Å². The first-order valence-electron chi connectivity index (χ1n) is 12.3. The molecule has 0 atom stereocenters. The standard InChI is InChI=1S/C29H29N5O2S/c1-19-7-6-9-23(15-19)28(36)30-17-26-31-32-29(34(26)25-16-20(2)11-12-21(25)3)37-18-27(35)33-14-13-22-8-4-5-10-24(22)33/h4-12,15-16H,13-14,17-18H2,1-3H3,(H,30,36). The van der Waals surface area contributed by atoms with Crippen LogP contribution in [0.1, 0.15) is 38.4 Å². The van der Waals surface area contributed by atoms with Gasteiger partial charge < -0.3 is 10.2 Å². The molecule has 8 heteroatoms. The van der Waals surface area contributed by atoms with E-state index in [9.17, 15) is 9.59 Å². The number of para-hydroxylation sites is 1. The van der Waals surface area contributed by atoms with Gasteiger partial charge in [-0.3, -0.25) is 14.2 Å². The van der Waals surface area contributed by atoms with Gasteiger partial charge in [-0.1, -0.05) is 59.8 Å². The maximum atomic E-state index is 13.1. The van der Waals surface area contributed by atoms with E-state index >= 15 is 0 Å². The summed E-state index contributed by atoms with van der Waals surface area (Å²) in [5.41, 5.74) is 6.91. The number of fused-ring (bicyclic) bond motifs is 1. The van der Waals surface area contributed by atoms with Crippen molar-refractivity contribution in [1.82, 2.24) is 20.1 Å². The van der Waals surface area contributed by atoms with Crippen molar-refractivity contribution in [2.24, 2.45) is 0 Å². The summed E-state index contributed by atoms with van der Waals surface area (Å²) in [7, 11) is 0. The van der Waals surface area contributed by atoms with Crippen LogP contribution in [0.4, 0.5) is 5.69 Å². The molecule has 188 valence electrons. The maximum Gasteiger partial charge on any atom is 0.251 e. The molecule has 1 aliphatic heterocycles. The van der Waals surface area contributed by atoms with Crippen LogP contribution < -0.4 is 10.2 Å². The average Bonchev–Trinajstić information content (AvgIpc) is 3.51. The van der Waals surface area contributed by atoms with Gasteiger partial charge in [0, 0.05) is 17.8 Å². The van der Waals surface area contributed by atoms with E-state index in [2.05, 4.69) is 39.8 Å². The minimum atomic E-state index is -0.170. The van der Waals surface area contributed by atoms with E-state index in [1.54, 1.807) is 6.07 Å². The lowest BCUT2D eigenvalue weighted by Crippen LogP contribution is -2.30. The van der Waals surface area contributed by atoms with E-state index < -0.39 is 0 Å². The molecular weight excluding hydrogens is 482 g/mol. The molecule has 4 aromatic rings. The van der Waals surface area contributed by atoms with Crippen LogP contribution >= 0.6 is 11.8 Å². The lowest BCUT2D eigenvalue weighted by atomic mass is 10.1. The Bertz CT molecular complexity index is 1480. The molecule has 1 aliphatic rings. The van der Waals surface area contributed by atoms with Crippen LogP contribution in [0.25, 0.3) is 5.69 Å². The summed E-state index contributed by atoms with van der Waals surface area (Å²) < 4.78 is 1.95. The summed E-state index contributed by atoms with van der Waals surface area (Å²) in [4.78, 5) is 27.8. The van der Waals surface area contributed by atoms with Gasteiger partial charge in [-0.05, 0) is 68.1 Å². The highest BCUT2D eigenvalue weighted by molar-refractivity contribution is 7.99. The summed E-state index contributed by atoms with van der Waals surface area (Å²) in [6.07, 6.45) is 0.871. The van der Waals surface area contributed by atoms with Crippen LogP contribution in [-0.2, 0) is 17.8 Å². The number of anilines is 1. The van der Waals surface area contributed by atoms with Crippen LogP contribution in [0, 0.1) is 20.8 Å². The molecule has 7 nitrogen and oxygen atoms in total. The van der Waals surface area contributed by atoms with Crippen molar-refractivity contribution in [3.05, 3.63) is 100 Å². The highest BCUT2D eigenvalue weighted by Gasteiger charge is 2.25. The minimum Gasteiger partial charge on any atom is -0.345 e. The lowest BCUT2D eigenvalue weighted by Gasteiger charge is -2.17. The number of hydrogen-bond acceptors (Lipinski definition) is 5. The minimum absolute atomic E-state index is 0.0414. The number of benzene rings is 3. The van der Waals surface area contributed by atoms with Crippen molar-refractivity contribution < 1.29 is 9.59 Å². The molecule has 0 saturated carbocycles. The number of nitrogens with one attached hydrogen (secondary N) is 1. The first kappa shape index (κ1) is 24.8. The summed E-state index contributed by atoms with van der Waals surface area (Å²) in [5, 5.41) is 12.4. The van der Waals surface area contributed by atoms with Gasteiger partial charge in [0.1, 0.15) is 0 Å². The van der Waals surface area contributed by atoms with Gasteiger partial charge in [0.15, 0.2) is 11.0 Å². The molecule has 2 heterocycles. The zero-order valence-electron chi connectivity index (χ0n) is 21.2. The number of carbonyl (C=O) groups is 2. The van der Waals surface area contributed by atoms with Crippen LogP contribution in [0.15, 0.2) is 71.9 Å². The fourth-order valence-electron chi connectivity index (χ4n) is 4.56. The van der Waals surface area contributed by atoms with Crippen LogP contribution in [0.3, 0.4) is 0 Å². The van der Waals surface area contributed by atoms with Crippen LogP contribution in [0.5, 0.6) is 0 Å². The zero-order valence-corrected chi connectivity index (χ0v) is 22.0. The van der Waals surface area contributed by atoms with E-state index in [0.717, 1.165) is 34.5 Å². The van der Waals surface area contributed by atoms with Gasteiger partial charge in [0.25, 0.3) is 5.91 Å². The van der Waals surface area contributed by atoms with E-state index in [1.165, 1.54) is 17.3 Å². The fraction of sp³-hybridized carbons (Fsp3) is 0.241. The van der Waals surface area contributed by atoms with Crippen molar-refractivity contribution in [2.45, 2.75) is 38.9 Å². The Morgan fingerprint density at radius 1 is 0.919 bits per heavy atom. The summed E-state index contributed by atoms with van der Waals surface area (Å²) in [6.45, 7) is 6.93. The number of nitrogens with zero attached hydrogens (tertiary/aromatic N) is 4. The Labute approximate surface area is 220 Å². The van der Waals surface area contributed by atoms with Crippen molar-refractivity contribution in [3.63, 3.8) is 0 Å². The summed E-state index contributed by atoms with van der Waals surface area (Å²) in [6, 6.07) is 21.7. The Kier molecular flexibility index (Phi) is 7.10. The van der Waals surface area contributed by atoms with Gasteiger partial charge in [-0.2, -0.15) is 0 Å². The van der Waals surface area contributed by atoms with E-state index in [0.29, 0.717) is 23.1 Å². The highest BCUT2D eigenvalue weighted by atomic mass is 32.2. The molecule has 5 rings (SSSR count). The van der Waals surface area contributed by atoms with Crippen molar-refractivity contribution in [1.29, 1.82) is 0 Å². The second kappa shape index (κ2) is 10.6. The third-order valence-corrected chi connectivity index (χ3v) is 7.42. The van der Waals surface area contributed by atoms with Crippen LogP contribution in [-0.4, -0.2) is 38.9 Å². The Morgan fingerprint density at radius 2 is 1.73 bits per heavy atom. The number of aryl methyl sites for hydroxylation is 3. The topological polar surface area (TPSA) is 80.1 Å². The van der Waals surface area contributed by atoms with Crippen molar-refractivity contribution >= 4 is 29.3 Å². The Morgan fingerprint density at radius 3 is 2.57 bits per heavy atom. The molecule has 0 spiro atoms. The maximum absolute atomic E-state index is 13.1. The SMILES string of the molecule is Cc1cccc(C(=O)NCc2nnc(SCC(=O)N3CCc4ccccc43)n2-c2cc(C)ccc2C)c1. The number of amides is 2. The fourth-order valence-corrected chi connectivity index (χ4v) is 5.40. The number of hydrogen-bond donors (Lipinski definition) is 1. The smallest absolute Gasteiger partial charge is 0.251 e. The van der Waals surface area contributed by atoms with Crippen molar-refractivity contribution in [2.75, 3.05) is 17.2 Å². The monoisotopic (exact) mass is 511 g/mol. The molecule has 1 N–H and O–H groups in total. The van der Waals surface area contributed by atoms with Gasteiger partial charge in [-0.15, -0.1) is 10.2 Å². The average molecular weight is 512 g/mol. The molecule has 0 saturated heterocycles. The number of carbonyl (C=O) groups excluding carboxylic acids is 2. The molecule has 0 bridgehead atoms. The van der Waals surface area contributed by atoms with E-state index in [1.807, 2.05) is 66.6 Å². The normalized spacial score (nSPS) is 12.5. The third-order valence-electron chi connectivity index (χ3n) is 6.51. The second-order valence-corrected chi connectivity index (χ2v) is 10.2. The molecule has 2 amide bonds. The number of rotatable bonds is 7. The second-order valence-electron chi connectivity index (χ2n) is 9.29.